The summed E-state index contributed by atoms with van der Waals surface area (Å²) >= 11 is 0. The number of alkyl halides is 2. The van der Waals surface area contributed by atoms with Gasteiger partial charge >= 0.3 is 0 Å². The van der Waals surface area contributed by atoms with E-state index in [-0.39, 0.29) is 24.9 Å². The van der Waals surface area contributed by atoms with Crippen LogP contribution in [0.5, 0.6) is 0 Å². The fraction of sp³-hybridized carbons (Fsp3) is 0.917. The van der Waals surface area contributed by atoms with E-state index in [2.05, 4.69) is 0 Å². The maximum Gasteiger partial charge on any atom is 0.226 e. The molecule has 3 aliphatic rings. The fourth-order valence-electron chi connectivity index (χ4n) is 2.81. The molecule has 3 fully saturated rings. The Kier molecular flexibility index (Phi) is 2.41. The Balaban J connectivity index is 1.66. The highest BCUT2D eigenvalue weighted by molar-refractivity contribution is 5.80. The molecule has 2 atom stereocenters. The van der Waals surface area contributed by atoms with Crippen molar-refractivity contribution in [2.45, 2.75) is 38.0 Å². The maximum absolute atomic E-state index is 13.1. The van der Waals surface area contributed by atoms with E-state index in [0.717, 1.165) is 25.7 Å². The predicted molar refractivity (Wildman–Crippen MR) is 55.3 cm³/mol. The van der Waals surface area contributed by atoms with E-state index < -0.39 is 12.3 Å². The first-order valence-corrected chi connectivity index (χ1v) is 6.23. The lowest BCUT2D eigenvalue weighted by Crippen LogP contribution is -2.36. The van der Waals surface area contributed by atoms with Gasteiger partial charge in [0.1, 0.15) is 0 Å². The third kappa shape index (κ3) is 1.82. The molecule has 0 bridgehead atoms. The molecule has 1 heterocycles. The second-order valence-corrected chi connectivity index (χ2v) is 5.48. The summed E-state index contributed by atoms with van der Waals surface area (Å²) in [5, 5.41) is 0. The van der Waals surface area contributed by atoms with Crippen molar-refractivity contribution in [2.75, 3.05) is 13.1 Å². The Hall–Kier alpha value is -0.670. The van der Waals surface area contributed by atoms with E-state index in [4.69, 9.17) is 0 Å². The highest BCUT2D eigenvalue weighted by Crippen LogP contribution is 2.50. The first-order chi connectivity index (χ1) is 7.66. The molecule has 2 saturated carbocycles. The monoisotopic (exact) mass is 229 g/mol. The van der Waals surface area contributed by atoms with Crippen molar-refractivity contribution in [2.24, 2.45) is 17.8 Å². The molecule has 0 aromatic rings. The van der Waals surface area contributed by atoms with Crippen LogP contribution in [0.2, 0.25) is 0 Å². The number of carbonyl (C=O) groups excluding carboxylic acids is 1. The van der Waals surface area contributed by atoms with E-state index >= 15 is 0 Å². The molecule has 3 rings (SSSR count). The van der Waals surface area contributed by atoms with Gasteiger partial charge in [0.2, 0.25) is 5.91 Å². The van der Waals surface area contributed by atoms with Crippen molar-refractivity contribution in [1.29, 1.82) is 0 Å². The highest BCUT2D eigenvalue weighted by Gasteiger charge is 2.48. The summed E-state index contributed by atoms with van der Waals surface area (Å²) in [6, 6.07) is 0. The number of amides is 1. The molecule has 1 amide bonds. The molecule has 4 heteroatoms. The number of rotatable bonds is 3. The summed E-state index contributed by atoms with van der Waals surface area (Å²) < 4.78 is 26.1. The first kappa shape index (κ1) is 10.5. The summed E-state index contributed by atoms with van der Waals surface area (Å²) in [6.45, 7) is -0.0636. The second kappa shape index (κ2) is 3.67. The minimum Gasteiger partial charge on any atom is -0.336 e. The SMILES string of the molecule is O=C(C(C1CC1)C1CC1)N1C[C@@H](F)[C@@H](F)C1. The van der Waals surface area contributed by atoms with Crippen LogP contribution in [0, 0.1) is 17.8 Å². The average Bonchev–Trinajstić information content (AvgIpc) is 3.10. The van der Waals surface area contributed by atoms with Gasteiger partial charge in [-0.1, -0.05) is 0 Å². The van der Waals surface area contributed by atoms with Crippen LogP contribution >= 0.6 is 0 Å². The van der Waals surface area contributed by atoms with E-state index in [1.165, 1.54) is 4.90 Å². The second-order valence-electron chi connectivity index (χ2n) is 5.48. The Bertz CT molecular complexity index is 279. The van der Waals surface area contributed by atoms with Gasteiger partial charge in [-0.05, 0) is 37.5 Å². The molecule has 2 nitrogen and oxygen atoms in total. The molecule has 1 aliphatic heterocycles. The van der Waals surface area contributed by atoms with Crippen molar-refractivity contribution in [3.8, 4) is 0 Å². The van der Waals surface area contributed by atoms with Gasteiger partial charge in [-0.2, -0.15) is 0 Å². The molecule has 1 saturated heterocycles. The first-order valence-electron chi connectivity index (χ1n) is 6.23. The number of hydrogen-bond acceptors (Lipinski definition) is 1. The summed E-state index contributed by atoms with van der Waals surface area (Å²) in [4.78, 5) is 13.6. The minimum absolute atomic E-state index is 0.0211. The third-order valence-corrected chi connectivity index (χ3v) is 4.04. The molecule has 0 aromatic heterocycles. The molecule has 0 aromatic carbocycles. The maximum atomic E-state index is 13.1. The molecular formula is C12H17F2NO. The fourth-order valence-corrected chi connectivity index (χ4v) is 2.81. The Labute approximate surface area is 94.0 Å². The van der Waals surface area contributed by atoms with Crippen LogP contribution in [-0.2, 0) is 4.79 Å². The van der Waals surface area contributed by atoms with Crippen LogP contribution in [0.4, 0.5) is 8.78 Å². The number of hydrogen-bond donors (Lipinski definition) is 0. The Morgan fingerprint density at radius 2 is 1.44 bits per heavy atom. The Morgan fingerprint density at radius 3 is 1.81 bits per heavy atom. The van der Waals surface area contributed by atoms with Crippen LogP contribution in [0.25, 0.3) is 0 Å². The van der Waals surface area contributed by atoms with E-state index in [1.807, 2.05) is 0 Å². The third-order valence-electron chi connectivity index (χ3n) is 4.04. The quantitative estimate of drug-likeness (QED) is 0.724. The summed E-state index contributed by atoms with van der Waals surface area (Å²) in [5.74, 6) is 1.12. The normalized spacial score (nSPS) is 34.8. The summed E-state index contributed by atoms with van der Waals surface area (Å²) in [5.41, 5.74) is 0. The molecule has 0 radical (unpaired) electrons. The zero-order chi connectivity index (χ0) is 11.3. The van der Waals surface area contributed by atoms with Gasteiger partial charge in [0.05, 0.1) is 13.1 Å². The van der Waals surface area contributed by atoms with Crippen LogP contribution in [0.1, 0.15) is 25.7 Å². The largest absolute Gasteiger partial charge is 0.336 e. The van der Waals surface area contributed by atoms with Gasteiger partial charge in [-0.25, -0.2) is 8.78 Å². The van der Waals surface area contributed by atoms with Crippen molar-refractivity contribution >= 4 is 5.91 Å². The van der Waals surface area contributed by atoms with Crippen LogP contribution < -0.4 is 0 Å². The lowest BCUT2D eigenvalue weighted by atomic mass is 9.96. The van der Waals surface area contributed by atoms with Gasteiger partial charge in [-0.15, -0.1) is 0 Å². The number of likely N-dealkylation sites (tertiary alicyclic amines) is 1. The van der Waals surface area contributed by atoms with Gasteiger partial charge in [-0.3, -0.25) is 4.79 Å². The number of nitrogens with zero attached hydrogens (tertiary/aromatic N) is 1. The van der Waals surface area contributed by atoms with Gasteiger partial charge in [0, 0.05) is 5.92 Å². The van der Waals surface area contributed by atoms with Crippen molar-refractivity contribution in [1.82, 2.24) is 4.90 Å². The Morgan fingerprint density at radius 1 is 1.00 bits per heavy atom. The molecule has 2 aliphatic carbocycles. The van der Waals surface area contributed by atoms with Crippen LogP contribution in [0.3, 0.4) is 0 Å². The molecule has 0 unspecified atom stereocenters. The number of halogens is 2. The average molecular weight is 229 g/mol. The molecule has 0 N–H and O–H groups in total. The standard InChI is InChI=1S/C12H17F2NO/c13-9-5-15(6-10(9)14)12(16)11(7-1-2-7)8-3-4-8/h7-11H,1-6H2/t9-,10+. The summed E-state index contributed by atoms with van der Waals surface area (Å²) in [7, 11) is 0. The zero-order valence-electron chi connectivity index (χ0n) is 9.24. The van der Waals surface area contributed by atoms with Gasteiger partial charge in [0.25, 0.3) is 0 Å². The van der Waals surface area contributed by atoms with E-state index in [0.29, 0.717) is 11.8 Å². The summed E-state index contributed by atoms with van der Waals surface area (Å²) in [6.07, 6.45) is 1.56. The predicted octanol–water partition coefficient (Wildman–Crippen LogP) is 1.94. The lowest BCUT2D eigenvalue weighted by Gasteiger charge is -2.22. The molecule has 16 heavy (non-hydrogen) atoms. The van der Waals surface area contributed by atoms with E-state index in [9.17, 15) is 13.6 Å². The minimum atomic E-state index is -1.47. The molecular weight excluding hydrogens is 212 g/mol. The highest BCUT2D eigenvalue weighted by atomic mass is 19.2. The smallest absolute Gasteiger partial charge is 0.226 e. The van der Waals surface area contributed by atoms with Crippen LogP contribution in [-0.4, -0.2) is 36.2 Å². The molecule has 0 spiro atoms. The van der Waals surface area contributed by atoms with Gasteiger partial charge in [0.15, 0.2) is 12.3 Å². The van der Waals surface area contributed by atoms with Crippen molar-refractivity contribution in [3.05, 3.63) is 0 Å². The molecule has 90 valence electrons. The van der Waals surface area contributed by atoms with Crippen molar-refractivity contribution < 1.29 is 13.6 Å². The zero-order valence-corrected chi connectivity index (χ0v) is 9.24. The van der Waals surface area contributed by atoms with Crippen molar-refractivity contribution in [3.63, 3.8) is 0 Å². The van der Waals surface area contributed by atoms with Gasteiger partial charge < -0.3 is 4.90 Å². The lowest BCUT2D eigenvalue weighted by molar-refractivity contribution is -0.136. The topological polar surface area (TPSA) is 20.3 Å². The van der Waals surface area contributed by atoms with E-state index in [1.54, 1.807) is 0 Å². The number of carbonyl (C=O) groups is 1. The van der Waals surface area contributed by atoms with Crippen LogP contribution in [0.15, 0.2) is 0 Å².